The summed E-state index contributed by atoms with van der Waals surface area (Å²) in [5.74, 6) is -0.772. The predicted octanol–water partition coefficient (Wildman–Crippen LogP) is 2.59. The molecule has 5 nitrogen and oxygen atoms in total. The minimum absolute atomic E-state index is 0.193. The molecule has 0 spiro atoms. The van der Waals surface area contributed by atoms with Gasteiger partial charge in [0, 0.05) is 16.8 Å². The van der Waals surface area contributed by atoms with Crippen molar-refractivity contribution in [1.82, 2.24) is 0 Å². The number of carbonyl (C=O) groups is 2. The van der Waals surface area contributed by atoms with Crippen LogP contribution in [-0.2, 0) is 16.8 Å². The summed E-state index contributed by atoms with van der Waals surface area (Å²) in [4.78, 5) is 25.7. The van der Waals surface area contributed by atoms with Gasteiger partial charge in [0.25, 0.3) is 5.91 Å². The van der Waals surface area contributed by atoms with E-state index in [1.54, 1.807) is 43.5 Å². The van der Waals surface area contributed by atoms with Crippen LogP contribution in [0.5, 0.6) is 5.75 Å². The zero-order chi connectivity index (χ0) is 17.8. The zero-order valence-corrected chi connectivity index (χ0v) is 14.1. The molecule has 25 heavy (non-hydrogen) atoms. The summed E-state index contributed by atoms with van der Waals surface area (Å²) in [5, 5.41) is 13.9. The quantitative estimate of drug-likeness (QED) is 0.883. The smallest absolute Gasteiger partial charge is 0.261 e. The summed E-state index contributed by atoms with van der Waals surface area (Å²) < 4.78 is 5.33. The molecular weight excluding hydrogens is 318 g/mol. The number of ketones is 1. The molecule has 1 aliphatic carbocycles. The molecule has 0 saturated heterocycles. The number of para-hydroxylation sites is 1. The van der Waals surface area contributed by atoms with Gasteiger partial charge < -0.3 is 15.2 Å². The molecule has 2 aromatic rings. The lowest BCUT2D eigenvalue weighted by Crippen LogP contribution is -2.47. The first kappa shape index (κ1) is 15.8. The number of rotatable bonds is 2. The molecule has 5 heteroatoms. The highest BCUT2D eigenvalue weighted by atomic mass is 16.5. The maximum Gasteiger partial charge on any atom is 0.261 e. The van der Waals surface area contributed by atoms with Crippen LogP contribution in [0.1, 0.15) is 33.5 Å². The van der Waals surface area contributed by atoms with Gasteiger partial charge in [-0.1, -0.05) is 18.2 Å². The molecule has 0 bridgehead atoms. The van der Waals surface area contributed by atoms with Gasteiger partial charge >= 0.3 is 0 Å². The van der Waals surface area contributed by atoms with Gasteiger partial charge in [-0.25, -0.2) is 0 Å². The summed E-state index contributed by atoms with van der Waals surface area (Å²) in [5.41, 5.74) is 1.68. The van der Waals surface area contributed by atoms with Crippen LogP contribution in [0, 0.1) is 12.8 Å². The van der Waals surface area contributed by atoms with Gasteiger partial charge in [0.1, 0.15) is 5.75 Å². The fourth-order valence-corrected chi connectivity index (χ4v) is 4.13. The molecule has 2 aliphatic rings. The van der Waals surface area contributed by atoms with Gasteiger partial charge in [-0.15, -0.1) is 0 Å². The van der Waals surface area contributed by atoms with Crippen molar-refractivity contribution in [3.8, 4) is 5.75 Å². The molecule has 2 atom stereocenters. The topological polar surface area (TPSA) is 75.6 Å². The number of hydrogen-bond acceptors (Lipinski definition) is 4. The number of carbonyl (C=O) groups excluding carboxylic acids is 2. The average molecular weight is 337 g/mol. The Morgan fingerprint density at radius 1 is 1.20 bits per heavy atom. The second kappa shape index (κ2) is 5.43. The van der Waals surface area contributed by atoms with Crippen molar-refractivity contribution in [2.75, 3.05) is 12.4 Å². The fraction of sp³-hybridized carbons (Fsp3) is 0.300. The lowest BCUT2D eigenvalue weighted by Gasteiger charge is -2.34. The van der Waals surface area contributed by atoms with Crippen LogP contribution >= 0.6 is 0 Å². The van der Waals surface area contributed by atoms with Gasteiger partial charge in [-0.2, -0.15) is 0 Å². The lowest BCUT2D eigenvalue weighted by atomic mass is 9.70. The van der Waals surface area contributed by atoms with E-state index in [0.717, 1.165) is 16.9 Å². The van der Waals surface area contributed by atoms with E-state index in [9.17, 15) is 14.7 Å². The Labute approximate surface area is 145 Å². The van der Waals surface area contributed by atoms with Gasteiger partial charge in [0.05, 0.1) is 13.0 Å². The van der Waals surface area contributed by atoms with Crippen molar-refractivity contribution in [2.45, 2.75) is 25.4 Å². The molecule has 2 N–H and O–H groups in total. The molecule has 128 valence electrons. The second-order valence-electron chi connectivity index (χ2n) is 6.64. The first-order valence-corrected chi connectivity index (χ1v) is 8.32. The van der Waals surface area contributed by atoms with Gasteiger partial charge in [0.15, 0.2) is 11.4 Å². The largest absolute Gasteiger partial charge is 0.496 e. The Balaban J connectivity index is 1.80. The number of hydrogen-bond donors (Lipinski definition) is 2. The molecule has 2 unspecified atom stereocenters. The predicted molar refractivity (Wildman–Crippen MR) is 92.8 cm³/mol. The number of aliphatic hydroxyl groups is 1. The second-order valence-corrected chi connectivity index (χ2v) is 6.64. The highest BCUT2D eigenvalue weighted by molar-refractivity contribution is 6.11. The molecule has 2 aromatic carbocycles. The van der Waals surface area contributed by atoms with E-state index in [4.69, 9.17) is 4.74 Å². The molecule has 0 radical (unpaired) electrons. The van der Waals surface area contributed by atoms with E-state index in [2.05, 4.69) is 5.32 Å². The van der Waals surface area contributed by atoms with E-state index in [1.165, 1.54) is 0 Å². The zero-order valence-electron chi connectivity index (χ0n) is 14.1. The maximum atomic E-state index is 13.1. The van der Waals surface area contributed by atoms with E-state index in [-0.39, 0.29) is 5.78 Å². The van der Waals surface area contributed by atoms with Crippen molar-refractivity contribution in [2.24, 2.45) is 5.92 Å². The van der Waals surface area contributed by atoms with Crippen LogP contribution in [0.25, 0.3) is 0 Å². The normalized spacial score (nSPS) is 24.5. The number of Topliss-reactive ketones (excluding diaryl/α,β-unsaturated/α-hetero) is 1. The third-order valence-electron chi connectivity index (χ3n) is 5.47. The monoisotopic (exact) mass is 337 g/mol. The SMILES string of the molecule is COc1ccc2c(c1C)CCC(C1(O)C(=O)Nc3ccccc31)C2=O. The van der Waals surface area contributed by atoms with Crippen LogP contribution < -0.4 is 10.1 Å². The fourth-order valence-electron chi connectivity index (χ4n) is 4.13. The number of fused-ring (bicyclic) bond motifs is 2. The number of benzene rings is 2. The van der Waals surface area contributed by atoms with Gasteiger partial charge in [-0.3, -0.25) is 9.59 Å². The summed E-state index contributed by atoms with van der Waals surface area (Å²) in [6.45, 7) is 1.93. The molecule has 1 heterocycles. The highest BCUT2D eigenvalue weighted by Crippen LogP contribution is 2.46. The minimum Gasteiger partial charge on any atom is -0.496 e. The van der Waals surface area contributed by atoms with Crippen LogP contribution in [0.4, 0.5) is 5.69 Å². The third-order valence-corrected chi connectivity index (χ3v) is 5.47. The first-order chi connectivity index (χ1) is 12.0. The number of nitrogens with one attached hydrogen (secondary N) is 1. The molecule has 0 saturated carbocycles. The molecule has 4 rings (SSSR count). The molecular formula is C20H19NO4. The summed E-state index contributed by atoms with van der Waals surface area (Å²) >= 11 is 0. The standard InChI is InChI=1S/C20H19NO4/c1-11-12-7-9-15(18(22)13(12)8-10-17(11)25-2)20(24)14-5-3-4-6-16(14)21-19(20)23/h3-6,8,10,15,24H,7,9H2,1-2H3,(H,21,23). The van der Waals surface area contributed by atoms with Crippen LogP contribution in [0.15, 0.2) is 36.4 Å². The number of ether oxygens (including phenoxy) is 1. The van der Waals surface area contributed by atoms with E-state index < -0.39 is 17.4 Å². The van der Waals surface area contributed by atoms with Crippen LogP contribution in [0.2, 0.25) is 0 Å². The van der Waals surface area contributed by atoms with Crippen molar-refractivity contribution < 1.29 is 19.4 Å². The summed E-state index contributed by atoms with van der Waals surface area (Å²) in [7, 11) is 1.60. The molecule has 0 fully saturated rings. The third kappa shape index (κ3) is 2.05. The number of anilines is 1. The minimum atomic E-state index is -1.82. The van der Waals surface area contributed by atoms with Crippen molar-refractivity contribution in [3.05, 3.63) is 58.7 Å². The number of methoxy groups -OCH3 is 1. The van der Waals surface area contributed by atoms with Gasteiger partial charge in [0.2, 0.25) is 0 Å². The highest BCUT2D eigenvalue weighted by Gasteiger charge is 2.54. The van der Waals surface area contributed by atoms with E-state index >= 15 is 0 Å². The van der Waals surface area contributed by atoms with Crippen LogP contribution in [0.3, 0.4) is 0 Å². The first-order valence-electron chi connectivity index (χ1n) is 8.32. The molecule has 1 amide bonds. The molecule has 1 aliphatic heterocycles. The van der Waals surface area contributed by atoms with Gasteiger partial charge in [-0.05, 0) is 49.1 Å². The average Bonchev–Trinajstić information content (AvgIpc) is 2.88. The van der Waals surface area contributed by atoms with Crippen molar-refractivity contribution >= 4 is 17.4 Å². The van der Waals surface area contributed by atoms with E-state index in [0.29, 0.717) is 29.7 Å². The Morgan fingerprint density at radius 2 is 1.96 bits per heavy atom. The number of amides is 1. The van der Waals surface area contributed by atoms with Crippen LogP contribution in [-0.4, -0.2) is 23.9 Å². The maximum absolute atomic E-state index is 13.1. The van der Waals surface area contributed by atoms with Crippen molar-refractivity contribution in [3.63, 3.8) is 0 Å². The van der Waals surface area contributed by atoms with Crippen molar-refractivity contribution in [1.29, 1.82) is 0 Å². The van der Waals surface area contributed by atoms with E-state index in [1.807, 2.05) is 6.92 Å². The summed E-state index contributed by atoms with van der Waals surface area (Å²) in [6.07, 6.45) is 1.03. The molecule has 0 aromatic heterocycles. The Morgan fingerprint density at radius 3 is 2.72 bits per heavy atom. The Kier molecular flexibility index (Phi) is 3.44. The lowest BCUT2D eigenvalue weighted by molar-refractivity contribution is -0.138. The Bertz CT molecular complexity index is 905. The summed E-state index contributed by atoms with van der Waals surface area (Å²) in [6, 6.07) is 10.5. The Hall–Kier alpha value is -2.66.